The summed E-state index contributed by atoms with van der Waals surface area (Å²) in [6.07, 6.45) is 6.54. The van der Waals surface area contributed by atoms with Gasteiger partial charge in [-0.05, 0) is 31.6 Å². The number of fused-ring (bicyclic) bond motifs is 2. The smallest absolute Gasteiger partial charge is 0.223 e. The molecular formula is C25H32N6O2. The molecule has 8 nitrogen and oxygen atoms in total. The Labute approximate surface area is 194 Å². The third kappa shape index (κ3) is 5.69. The van der Waals surface area contributed by atoms with Gasteiger partial charge in [0.2, 0.25) is 11.8 Å². The Bertz CT molecular complexity index is 1020. The van der Waals surface area contributed by atoms with Crippen LogP contribution in [0.15, 0.2) is 42.5 Å². The number of aromatic nitrogens is 2. The first-order valence-electron chi connectivity index (χ1n) is 11.6. The first-order valence-corrected chi connectivity index (χ1v) is 11.6. The molecule has 2 aromatic rings. The summed E-state index contributed by atoms with van der Waals surface area (Å²) in [6, 6.07) is 9.81. The lowest BCUT2D eigenvalue weighted by atomic mass is 9.93. The van der Waals surface area contributed by atoms with E-state index in [0.29, 0.717) is 43.8 Å². The van der Waals surface area contributed by atoms with Gasteiger partial charge in [-0.2, -0.15) is 0 Å². The minimum absolute atomic E-state index is 0.0629. The Hall–Kier alpha value is -3.42. The van der Waals surface area contributed by atoms with E-state index in [1.807, 2.05) is 37.3 Å². The molecule has 0 saturated heterocycles. The van der Waals surface area contributed by atoms with Crippen molar-refractivity contribution >= 4 is 23.5 Å². The number of carbonyl (C=O) groups excluding carboxylic acids is 2. The Morgan fingerprint density at radius 3 is 2.15 bits per heavy atom. The lowest BCUT2D eigenvalue weighted by molar-refractivity contribution is -0.125. The Kier molecular flexibility index (Phi) is 7.22. The van der Waals surface area contributed by atoms with Gasteiger partial charge < -0.3 is 21.3 Å². The highest BCUT2D eigenvalue weighted by atomic mass is 16.2. The number of nitrogens with zero attached hydrogens (tertiary/aromatic N) is 2. The van der Waals surface area contributed by atoms with Crippen LogP contribution in [0.1, 0.15) is 25.3 Å². The highest BCUT2D eigenvalue weighted by Crippen LogP contribution is 2.43. The van der Waals surface area contributed by atoms with Crippen molar-refractivity contribution in [3.63, 3.8) is 0 Å². The van der Waals surface area contributed by atoms with Crippen molar-refractivity contribution in [3.05, 3.63) is 48.0 Å². The van der Waals surface area contributed by atoms with E-state index < -0.39 is 0 Å². The summed E-state index contributed by atoms with van der Waals surface area (Å²) in [6.45, 7) is 5.62. The lowest BCUT2D eigenvalue weighted by Crippen LogP contribution is -2.35. The summed E-state index contributed by atoms with van der Waals surface area (Å²) < 4.78 is 0. The summed E-state index contributed by atoms with van der Waals surface area (Å²) in [5.41, 5.74) is 1.81. The molecule has 3 unspecified atom stereocenters. The highest BCUT2D eigenvalue weighted by molar-refractivity contribution is 5.80. The second-order valence-electron chi connectivity index (χ2n) is 8.75. The van der Waals surface area contributed by atoms with Crippen molar-refractivity contribution in [1.82, 2.24) is 20.6 Å². The molecule has 1 saturated carbocycles. The van der Waals surface area contributed by atoms with Crippen LogP contribution in [-0.2, 0) is 9.59 Å². The van der Waals surface area contributed by atoms with E-state index >= 15 is 0 Å². The number of amides is 2. The van der Waals surface area contributed by atoms with Crippen molar-refractivity contribution in [3.8, 4) is 11.4 Å². The number of rotatable bonds is 10. The van der Waals surface area contributed by atoms with E-state index in [9.17, 15) is 9.59 Å². The fourth-order valence-corrected chi connectivity index (χ4v) is 4.58. The molecule has 174 valence electrons. The van der Waals surface area contributed by atoms with Crippen LogP contribution >= 0.6 is 0 Å². The van der Waals surface area contributed by atoms with Crippen LogP contribution in [0.3, 0.4) is 0 Å². The van der Waals surface area contributed by atoms with Gasteiger partial charge in [0.25, 0.3) is 0 Å². The molecule has 2 aliphatic rings. The molecule has 2 bridgehead atoms. The summed E-state index contributed by atoms with van der Waals surface area (Å²) in [4.78, 5) is 33.1. The molecule has 8 heteroatoms. The van der Waals surface area contributed by atoms with Crippen LogP contribution in [0.25, 0.3) is 11.4 Å². The van der Waals surface area contributed by atoms with Gasteiger partial charge >= 0.3 is 0 Å². The zero-order valence-electron chi connectivity index (χ0n) is 19.2. The average molecular weight is 449 g/mol. The topological polar surface area (TPSA) is 108 Å². The van der Waals surface area contributed by atoms with Gasteiger partial charge in [-0.3, -0.25) is 9.59 Å². The molecule has 0 radical (unpaired) electrons. The van der Waals surface area contributed by atoms with Gasteiger partial charge in [-0.15, -0.1) is 0 Å². The first kappa shape index (κ1) is 22.8. The van der Waals surface area contributed by atoms with Gasteiger partial charge in [-0.25, -0.2) is 9.97 Å². The van der Waals surface area contributed by atoms with Gasteiger partial charge in [0.1, 0.15) is 11.6 Å². The Morgan fingerprint density at radius 2 is 1.58 bits per heavy atom. The number of allylic oxidation sites excluding steroid dienone is 2. The minimum Gasteiger partial charge on any atom is -0.368 e. The molecule has 2 amide bonds. The van der Waals surface area contributed by atoms with E-state index in [0.717, 1.165) is 35.6 Å². The minimum atomic E-state index is -0.0629. The molecule has 1 aromatic heterocycles. The molecular weight excluding hydrogens is 416 g/mol. The van der Waals surface area contributed by atoms with Crippen LogP contribution in [0.4, 0.5) is 11.6 Å². The maximum atomic E-state index is 12.6. The van der Waals surface area contributed by atoms with Crippen LogP contribution < -0.4 is 21.3 Å². The molecule has 0 aliphatic heterocycles. The SMILES string of the molecule is CC(=O)NCCNc1nc(-c2ccccc2)nc(NCCNC(=O)C2CC3C=CC2C3)c1C. The highest BCUT2D eigenvalue weighted by Gasteiger charge is 2.39. The van der Waals surface area contributed by atoms with Crippen molar-refractivity contribution in [2.24, 2.45) is 17.8 Å². The number of anilines is 2. The number of hydrogen-bond acceptors (Lipinski definition) is 6. The molecule has 0 spiro atoms. The van der Waals surface area contributed by atoms with E-state index in [1.54, 1.807) is 0 Å². The Morgan fingerprint density at radius 1 is 0.909 bits per heavy atom. The van der Waals surface area contributed by atoms with Crippen molar-refractivity contribution in [2.45, 2.75) is 26.7 Å². The summed E-state index contributed by atoms with van der Waals surface area (Å²) in [7, 11) is 0. The largest absolute Gasteiger partial charge is 0.368 e. The zero-order valence-corrected chi connectivity index (χ0v) is 19.2. The predicted molar refractivity (Wildman–Crippen MR) is 130 cm³/mol. The number of nitrogens with one attached hydrogen (secondary N) is 4. The normalized spacial score (nSPS) is 20.5. The average Bonchev–Trinajstić information content (AvgIpc) is 3.45. The van der Waals surface area contributed by atoms with Gasteiger partial charge in [0.15, 0.2) is 5.82 Å². The summed E-state index contributed by atoms with van der Waals surface area (Å²) in [5, 5.41) is 12.5. The molecule has 2 aliphatic carbocycles. The zero-order chi connectivity index (χ0) is 23.2. The molecule has 1 aromatic carbocycles. The van der Waals surface area contributed by atoms with E-state index in [-0.39, 0.29) is 17.7 Å². The number of carbonyl (C=O) groups is 2. The number of hydrogen-bond donors (Lipinski definition) is 4. The fraction of sp³-hybridized carbons (Fsp3) is 0.440. The molecule has 1 fully saturated rings. The predicted octanol–water partition coefficient (Wildman–Crippen LogP) is 2.74. The van der Waals surface area contributed by atoms with E-state index in [1.165, 1.54) is 6.92 Å². The maximum absolute atomic E-state index is 12.6. The second kappa shape index (κ2) is 10.5. The van der Waals surface area contributed by atoms with Gasteiger partial charge in [0, 0.05) is 50.1 Å². The summed E-state index contributed by atoms with van der Waals surface area (Å²) >= 11 is 0. The van der Waals surface area contributed by atoms with E-state index in [2.05, 4.69) is 33.4 Å². The summed E-state index contributed by atoms with van der Waals surface area (Å²) in [5.74, 6) is 3.25. The third-order valence-electron chi connectivity index (χ3n) is 6.30. The molecule has 3 atom stereocenters. The number of benzene rings is 1. The first-order chi connectivity index (χ1) is 16.0. The third-order valence-corrected chi connectivity index (χ3v) is 6.30. The van der Waals surface area contributed by atoms with Gasteiger partial charge in [-0.1, -0.05) is 42.5 Å². The van der Waals surface area contributed by atoms with Crippen molar-refractivity contribution in [1.29, 1.82) is 0 Å². The maximum Gasteiger partial charge on any atom is 0.223 e. The monoisotopic (exact) mass is 448 g/mol. The Balaban J connectivity index is 1.38. The van der Waals surface area contributed by atoms with E-state index in [4.69, 9.17) is 9.97 Å². The van der Waals surface area contributed by atoms with Crippen LogP contribution in [0.2, 0.25) is 0 Å². The molecule has 33 heavy (non-hydrogen) atoms. The van der Waals surface area contributed by atoms with Crippen molar-refractivity contribution < 1.29 is 9.59 Å². The lowest BCUT2D eigenvalue weighted by Gasteiger charge is -2.18. The quantitative estimate of drug-likeness (QED) is 0.329. The molecule has 4 rings (SSSR count). The molecule has 4 N–H and O–H groups in total. The van der Waals surface area contributed by atoms with Crippen molar-refractivity contribution in [2.75, 3.05) is 36.8 Å². The second-order valence-corrected chi connectivity index (χ2v) is 8.75. The van der Waals surface area contributed by atoms with Crippen LogP contribution in [0.5, 0.6) is 0 Å². The fourth-order valence-electron chi connectivity index (χ4n) is 4.58. The molecule has 1 heterocycles. The standard InChI is InChI=1S/C25H32N6O2/c1-16-22(27-11-10-26-17(2)32)30-24(19-6-4-3-5-7-19)31-23(16)28-12-13-29-25(33)21-15-18-8-9-20(21)14-18/h3-9,18,20-21H,10-15H2,1-2H3,(H,26,32)(H,29,33)(H2,27,28,30,31). The van der Waals surface area contributed by atoms with Gasteiger partial charge in [0.05, 0.1) is 0 Å². The van der Waals surface area contributed by atoms with Crippen LogP contribution in [-0.4, -0.2) is 48.0 Å². The van der Waals surface area contributed by atoms with Crippen LogP contribution in [0, 0.1) is 24.7 Å².